The lowest BCUT2D eigenvalue weighted by Gasteiger charge is -2.09. The van der Waals surface area contributed by atoms with Crippen LogP contribution >= 0.6 is 0 Å². The average Bonchev–Trinajstić information content (AvgIpc) is 2.56. The fourth-order valence-electron chi connectivity index (χ4n) is 2.38. The molecule has 0 fully saturated rings. The van der Waals surface area contributed by atoms with Gasteiger partial charge in [-0.2, -0.15) is 5.26 Å². The van der Waals surface area contributed by atoms with Crippen molar-refractivity contribution in [1.82, 2.24) is 0 Å². The Morgan fingerprint density at radius 2 is 1.61 bits per heavy atom. The molecule has 0 amide bonds. The Morgan fingerprint density at radius 1 is 0.870 bits per heavy atom. The molecule has 0 atom stereocenters. The summed E-state index contributed by atoms with van der Waals surface area (Å²) in [7, 11) is 0. The van der Waals surface area contributed by atoms with E-state index in [9.17, 15) is 4.39 Å². The lowest BCUT2D eigenvalue weighted by molar-refractivity contribution is 0.474. The number of hydrogen-bond donors (Lipinski definition) is 0. The summed E-state index contributed by atoms with van der Waals surface area (Å²) in [6.45, 7) is 0. The maximum Gasteiger partial charge on any atom is 0.148 e. The van der Waals surface area contributed by atoms with Crippen molar-refractivity contribution in [3.8, 4) is 17.6 Å². The van der Waals surface area contributed by atoms with Gasteiger partial charge in [0.1, 0.15) is 28.9 Å². The van der Waals surface area contributed by atoms with E-state index in [0.29, 0.717) is 5.75 Å². The molecule has 0 aliphatic carbocycles. The largest absolute Gasteiger partial charge is 0.456 e. The zero-order valence-electron chi connectivity index (χ0n) is 12.4. The number of rotatable bonds is 4. The fraction of sp³-hybridized carbons (Fsp3) is 0.0500. The van der Waals surface area contributed by atoms with Crippen molar-refractivity contribution in [2.75, 3.05) is 0 Å². The number of benzene rings is 3. The third kappa shape index (κ3) is 3.56. The van der Waals surface area contributed by atoms with Gasteiger partial charge in [-0.1, -0.05) is 48.5 Å². The Balaban J connectivity index is 1.84. The summed E-state index contributed by atoms with van der Waals surface area (Å²) in [5.41, 5.74) is 2.21. The first-order chi connectivity index (χ1) is 11.3. The lowest BCUT2D eigenvalue weighted by atomic mass is 10.1. The van der Waals surface area contributed by atoms with Crippen molar-refractivity contribution >= 4 is 0 Å². The van der Waals surface area contributed by atoms with Crippen LogP contribution in [-0.2, 0) is 6.42 Å². The molecule has 0 saturated heterocycles. The van der Waals surface area contributed by atoms with Crippen LogP contribution in [0.25, 0.3) is 0 Å². The Hall–Kier alpha value is -3.12. The summed E-state index contributed by atoms with van der Waals surface area (Å²) < 4.78 is 19.3. The van der Waals surface area contributed by atoms with E-state index in [4.69, 9.17) is 10.00 Å². The van der Waals surface area contributed by atoms with Crippen molar-refractivity contribution in [3.05, 3.63) is 95.3 Å². The van der Waals surface area contributed by atoms with Crippen LogP contribution in [0.3, 0.4) is 0 Å². The van der Waals surface area contributed by atoms with Crippen LogP contribution in [0.15, 0.2) is 72.8 Å². The molecule has 3 aromatic rings. The quantitative estimate of drug-likeness (QED) is 0.673. The first-order valence-electron chi connectivity index (χ1n) is 7.25. The van der Waals surface area contributed by atoms with E-state index in [1.165, 1.54) is 17.7 Å². The number of ether oxygens (including phenoxy) is 1. The number of halogens is 1. The Morgan fingerprint density at radius 3 is 2.39 bits per heavy atom. The molecule has 0 aliphatic heterocycles. The minimum atomic E-state index is -0.578. The number of hydrogen-bond acceptors (Lipinski definition) is 2. The average molecular weight is 303 g/mol. The molecule has 0 heterocycles. The fourth-order valence-corrected chi connectivity index (χ4v) is 2.38. The van der Waals surface area contributed by atoms with Gasteiger partial charge in [-0.3, -0.25) is 0 Å². The second-order valence-electron chi connectivity index (χ2n) is 5.14. The standard InChI is InChI=1S/C20H14FNO/c21-19-10-5-11-20(18(19)14-22)23-17-9-4-8-16(13-17)12-15-6-2-1-3-7-15/h1-11,13H,12H2. The van der Waals surface area contributed by atoms with Gasteiger partial charge in [0.15, 0.2) is 0 Å². The second-order valence-corrected chi connectivity index (χ2v) is 5.14. The highest BCUT2D eigenvalue weighted by atomic mass is 19.1. The highest BCUT2D eigenvalue weighted by molar-refractivity contribution is 5.46. The molecule has 2 nitrogen and oxygen atoms in total. The molecule has 3 rings (SSSR count). The third-order valence-corrected chi connectivity index (χ3v) is 3.46. The summed E-state index contributed by atoms with van der Waals surface area (Å²) in [5, 5.41) is 9.06. The molecule has 0 aliphatic rings. The molecule has 0 spiro atoms. The predicted molar refractivity (Wildman–Crippen MR) is 86.9 cm³/mol. The summed E-state index contributed by atoms with van der Waals surface area (Å²) in [4.78, 5) is 0. The number of nitriles is 1. The van der Waals surface area contributed by atoms with Gasteiger partial charge in [0.25, 0.3) is 0 Å². The van der Waals surface area contributed by atoms with Gasteiger partial charge in [-0.25, -0.2) is 4.39 Å². The van der Waals surface area contributed by atoms with Crippen molar-refractivity contribution in [1.29, 1.82) is 5.26 Å². The highest BCUT2D eigenvalue weighted by Crippen LogP contribution is 2.27. The number of nitrogens with zero attached hydrogens (tertiary/aromatic N) is 1. The van der Waals surface area contributed by atoms with Crippen LogP contribution < -0.4 is 4.74 Å². The van der Waals surface area contributed by atoms with E-state index >= 15 is 0 Å². The Kier molecular flexibility index (Phi) is 4.35. The van der Waals surface area contributed by atoms with Crippen LogP contribution in [0, 0.1) is 17.1 Å². The maximum absolute atomic E-state index is 13.6. The normalized spacial score (nSPS) is 10.1. The van der Waals surface area contributed by atoms with E-state index < -0.39 is 5.82 Å². The van der Waals surface area contributed by atoms with Crippen molar-refractivity contribution in [2.24, 2.45) is 0 Å². The van der Waals surface area contributed by atoms with Gasteiger partial charge in [0, 0.05) is 0 Å². The van der Waals surface area contributed by atoms with Crippen molar-refractivity contribution < 1.29 is 9.13 Å². The molecular weight excluding hydrogens is 289 g/mol. The highest BCUT2D eigenvalue weighted by Gasteiger charge is 2.10. The molecular formula is C20H14FNO. The van der Waals surface area contributed by atoms with E-state index in [-0.39, 0.29) is 11.3 Å². The molecule has 112 valence electrons. The van der Waals surface area contributed by atoms with Crippen LogP contribution in [0.5, 0.6) is 11.5 Å². The molecule has 0 N–H and O–H groups in total. The summed E-state index contributed by atoms with van der Waals surface area (Å²) in [6.07, 6.45) is 0.784. The molecule has 0 unspecified atom stereocenters. The van der Waals surface area contributed by atoms with Crippen LogP contribution in [0.2, 0.25) is 0 Å². The van der Waals surface area contributed by atoms with E-state index in [2.05, 4.69) is 12.1 Å². The molecule has 3 aromatic carbocycles. The molecule has 3 heteroatoms. The Bertz CT molecular complexity index is 853. The first kappa shape index (κ1) is 14.8. The van der Waals surface area contributed by atoms with Gasteiger partial charge >= 0.3 is 0 Å². The van der Waals surface area contributed by atoms with Crippen molar-refractivity contribution in [2.45, 2.75) is 6.42 Å². The SMILES string of the molecule is N#Cc1c(F)cccc1Oc1cccc(Cc2ccccc2)c1. The zero-order valence-corrected chi connectivity index (χ0v) is 12.4. The van der Waals surface area contributed by atoms with E-state index in [1.54, 1.807) is 12.1 Å². The zero-order chi connectivity index (χ0) is 16.1. The smallest absolute Gasteiger partial charge is 0.148 e. The van der Waals surface area contributed by atoms with E-state index in [1.807, 2.05) is 42.5 Å². The minimum absolute atomic E-state index is 0.0824. The maximum atomic E-state index is 13.6. The van der Waals surface area contributed by atoms with Gasteiger partial charge in [0.05, 0.1) is 0 Å². The second kappa shape index (κ2) is 6.76. The molecule has 23 heavy (non-hydrogen) atoms. The lowest BCUT2D eigenvalue weighted by Crippen LogP contribution is -1.93. The minimum Gasteiger partial charge on any atom is -0.456 e. The molecule has 0 radical (unpaired) electrons. The van der Waals surface area contributed by atoms with Gasteiger partial charge < -0.3 is 4.74 Å². The van der Waals surface area contributed by atoms with Gasteiger partial charge in [-0.15, -0.1) is 0 Å². The summed E-state index contributed by atoms with van der Waals surface area (Å²) >= 11 is 0. The first-order valence-corrected chi connectivity index (χ1v) is 7.25. The van der Waals surface area contributed by atoms with Crippen LogP contribution in [0.1, 0.15) is 16.7 Å². The predicted octanol–water partition coefficient (Wildman–Crippen LogP) is 5.08. The van der Waals surface area contributed by atoms with E-state index in [0.717, 1.165) is 12.0 Å². The third-order valence-electron chi connectivity index (χ3n) is 3.46. The summed E-state index contributed by atoms with van der Waals surface area (Å²) in [5.74, 6) is 0.232. The monoisotopic (exact) mass is 303 g/mol. The van der Waals surface area contributed by atoms with Gasteiger partial charge in [-0.05, 0) is 41.8 Å². The molecule has 0 aromatic heterocycles. The topological polar surface area (TPSA) is 33.0 Å². The molecule has 0 bridgehead atoms. The Labute approximate surface area is 134 Å². The molecule has 0 saturated carbocycles. The van der Waals surface area contributed by atoms with Crippen LogP contribution in [0.4, 0.5) is 4.39 Å². The van der Waals surface area contributed by atoms with Gasteiger partial charge in [0.2, 0.25) is 0 Å². The van der Waals surface area contributed by atoms with Crippen molar-refractivity contribution in [3.63, 3.8) is 0 Å². The summed E-state index contributed by atoms with van der Waals surface area (Å²) in [6, 6.07) is 23.9. The van der Waals surface area contributed by atoms with Crippen LogP contribution in [-0.4, -0.2) is 0 Å².